The van der Waals surface area contributed by atoms with Crippen LogP contribution in [0.25, 0.3) is 22.7 Å². The lowest BCUT2D eigenvalue weighted by Crippen LogP contribution is -2.08. The Morgan fingerprint density at radius 2 is 2.00 bits per heavy atom. The number of imidazole rings is 1. The number of aromatic amines is 1. The maximum absolute atomic E-state index is 6.21. The third-order valence-corrected chi connectivity index (χ3v) is 4.17. The van der Waals surface area contributed by atoms with Crippen molar-refractivity contribution in [1.29, 1.82) is 0 Å². The van der Waals surface area contributed by atoms with Crippen molar-refractivity contribution in [3.63, 3.8) is 0 Å². The highest BCUT2D eigenvalue weighted by Gasteiger charge is 2.18. The fourth-order valence-electron chi connectivity index (χ4n) is 2.71. The molecule has 0 saturated heterocycles. The Morgan fingerprint density at radius 3 is 2.70 bits per heavy atom. The number of halogens is 1. The Labute approximate surface area is 137 Å². The molecule has 0 amide bonds. The predicted octanol–water partition coefficient (Wildman–Crippen LogP) is 3.42. The van der Waals surface area contributed by atoms with Crippen molar-refractivity contribution >= 4 is 22.8 Å². The van der Waals surface area contributed by atoms with Crippen molar-refractivity contribution in [2.75, 3.05) is 0 Å². The van der Waals surface area contributed by atoms with Crippen LogP contribution in [0.3, 0.4) is 0 Å². The monoisotopic (exact) mass is 326 g/mol. The second kappa shape index (κ2) is 5.24. The minimum absolute atomic E-state index is 0.0871. The normalized spacial score (nSPS) is 12.8. The smallest absolute Gasteiger partial charge is 0.177 e. The summed E-state index contributed by atoms with van der Waals surface area (Å²) in [5.74, 6) is 0.650. The van der Waals surface area contributed by atoms with Gasteiger partial charge in [-0.3, -0.25) is 4.68 Å². The summed E-state index contributed by atoms with van der Waals surface area (Å²) < 4.78 is 3.57. The Bertz CT molecular complexity index is 965. The van der Waals surface area contributed by atoms with Gasteiger partial charge in [0.15, 0.2) is 11.5 Å². The van der Waals surface area contributed by atoms with Crippen LogP contribution in [0, 0.1) is 0 Å². The summed E-state index contributed by atoms with van der Waals surface area (Å²) in [6.07, 6.45) is 3.53. The molecule has 7 heteroatoms. The molecule has 3 aromatic heterocycles. The molecular formula is C16H15ClN6. The van der Waals surface area contributed by atoms with Gasteiger partial charge in [0.25, 0.3) is 0 Å². The van der Waals surface area contributed by atoms with Crippen molar-refractivity contribution in [3.05, 3.63) is 53.3 Å². The second-order valence-electron chi connectivity index (χ2n) is 5.50. The molecule has 1 N–H and O–H groups in total. The Kier molecular flexibility index (Phi) is 3.20. The van der Waals surface area contributed by atoms with Crippen LogP contribution in [0.2, 0.25) is 5.02 Å². The van der Waals surface area contributed by atoms with Crippen molar-refractivity contribution in [1.82, 2.24) is 29.5 Å². The molecule has 6 nitrogen and oxygen atoms in total. The first-order valence-electron chi connectivity index (χ1n) is 7.31. The minimum Gasteiger partial charge on any atom is -0.334 e. The number of aryl methyl sites for hydroxylation is 1. The van der Waals surface area contributed by atoms with Gasteiger partial charge in [0.2, 0.25) is 0 Å². The van der Waals surface area contributed by atoms with Crippen LogP contribution < -0.4 is 0 Å². The highest BCUT2D eigenvalue weighted by atomic mass is 35.5. The highest BCUT2D eigenvalue weighted by molar-refractivity contribution is 6.32. The summed E-state index contributed by atoms with van der Waals surface area (Å²) in [7, 11) is 1.83. The van der Waals surface area contributed by atoms with Crippen molar-refractivity contribution in [2.45, 2.75) is 13.0 Å². The molecule has 4 aromatic rings. The average Bonchev–Trinajstić information content (AvgIpc) is 3.21. The number of benzene rings is 1. The van der Waals surface area contributed by atoms with E-state index in [-0.39, 0.29) is 6.04 Å². The average molecular weight is 327 g/mol. The van der Waals surface area contributed by atoms with Gasteiger partial charge in [-0.05, 0) is 12.5 Å². The number of hydrogen-bond acceptors (Lipinski definition) is 3. The first-order chi connectivity index (χ1) is 11.1. The molecule has 1 atom stereocenters. The third kappa shape index (κ3) is 2.31. The third-order valence-electron chi connectivity index (χ3n) is 3.90. The molecule has 4 rings (SSSR count). The lowest BCUT2D eigenvalue weighted by molar-refractivity contribution is 0.579. The SMILES string of the molecule is CC(c1ccccc1)n1ncc2[nH]c(-c3nn(C)cc3Cl)nc21. The summed E-state index contributed by atoms with van der Waals surface area (Å²) in [6, 6.07) is 10.3. The molecule has 1 unspecified atom stereocenters. The second-order valence-corrected chi connectivity index (χ2v) is 5.91. The van der Waals surface area contributed by atoms with E-state index in [9.17, 15) is 0 Å². The molecule has 0 aliphatic carbocycles. The van der Waals surface area contributed by atoms with E-state index in [2.05, 4.69) is 39.2 Å². The summed E-state index contributed by atoms with van der Waals surface area (Å²) in [6.45, 7) is 2.10. The van der Waals surface area contributed by atoms with Gasteiger partial charge >= 0.3 is 0 Å². The Hall–Kier alpha value is -2.60. The molecule has 0 aliphatic heterocycles. The molecule has 0 radical (unpaired) electrons. The summed E-state index contributed by atoms with van der Waals surface area (Å²) in [5, 5.41) is 9.38. The number of rotatable bonds is 3. The van der Waals surface area contributed by atoms with E-state index in [0.717, 1.165) is 11.2 Å². The van der Waals surface area contributed by atoms with Gasteiger partial charge in [0, 0.05) is 13.2 Å². The molecule has 0 saturated carbocycles. The number of aromatic nitrogens is 6. The molecule has 1 aromatic carbocycles. The predicted molar refractivity (Wildman–Crippen MR) is 89.3 cm³/mol. The Morgan fingerprint density at radius 1 is 1.22 bits per heavy atom. The van der Waals surface area contributed by atoms with E-state index >= 15 is 0 Å². The maximum Gasteiger partial charge on any atom is 0.177 e. The van der Waals surface area contributed by atoms with Gasteiger partial charge in [-0.15, -0.1) is 0 Å². The zero-order valence-corrected chi connectivity index (χ0v) is 13.5. The molecule has 0 fully saturated rings. The van der Waals surface area contributed by atoms with E-state index < -0.39 is 0 Å². The zero-order chi connectivity index (χ0) is 16.0. The van der Waals surface area contributed by atoms with Crippen molar-refractivity contribution in [3.8, 4) is 11.5 Å². The highest BCUT2D eigenvalue weighted by Crippen LogP contribution is 2.27. The van der Waals surface area contributed by atoms with Crippen LogP contribution in [0.15, 0.2) is 42.7 Å². The van der Waals surface area contributed by atoms with E-state index in [1.807, 2.05) is 29.9 Å². The van der Waals surface area contributed by atoms with E-state index in [1.54, 1.807) is 17.1 Å². The lowest BCUT2D eigenvalue weighted by atomic mass is 10.1. The summed E-state index contributed by atoms with van der Waals surface area (Å²) in [4.78, 5) is 7.89. The van der Waals surface area contributed by atoms with Gasteiger partial charge in [-0.1, -0.05) is 41.9 Å². The number of nitrogens with one attached hydrogen (secondary N) is 1. The van der Waals surface area contributed by atoms with Crippen molar-refractivity contribution < 1.29 is 0 Å². The first-order valence-corrected chi connectivity index (χ1v) is 7.69. The Balaban J connectivity index is 1.80. The summed E-state index contributed by atoms with van der Waals surface area (Å²) in [5.41, 5.74) is 3.48. The molecule has 116 valence electrons. The van der Waals surface area contributed by atoms with E-state index in [4.69, 9.17) is 11.6 Å². The molecular weight excluding hydrogens is 312 g/mol. The van der Waals surface area contributed by atoms with Crippen LogP contribution in [-0.4, -0.2) is 29.5 Å². The van der Waals surface area contributed by atoms with Crippen molar-refractivity contribution in [2.24, 2.45) is 7.05 Å². The molecule has 0 spiro atoms. The van der Waals surface area contributed by atoms with Gasteiger partial charge in [0.1, 0.15) is 11.2 Å². The van der Waals surface area contributed by atoms with Crippen LogP contribution in [0.5, 0.6) is 0 Å². The van der Waals surface area contributed by atoms with E-state index in [0.29, 0.717) is 16.5 Å². The van der Waals surface area contributed by atoms with Crippen LogP contribution in [0.1, 0.15) is 18.5 Å². The largest absolute Gasteiger partial charge is 0.334 e. The van der Waals surface area contributed by atoms with Crippen LogP contribution in [0.4, 0.5) is 0 Å². The zero-order valence-electron chi connectivity index (χ0n) is 12.7. The quantitative estimate of drug-likeness (QED) is 0.627. The molecule has 0 bridgehead atoms. The number of fused-ring (bicyclic) bond motifs is 1. The van der Waals surface area contributed by atoms with Gasteiger partial charge in [0.05, 0.1) is 17.3 Å². The number of H-pyrrole nitrogens is 1. The summed E-state index contributed by atoms with van der Waals surface area (Å²) >= 11 is 6.21. The van der Waals surface area contributed by atoms with Crippen LogP contribution >= 0.6 is 11.6 Å². The van der Waals surface area contributed by atoms with Gasteiger partial charge in [-0.2, -0.15) is 10.2 Å². The fourth-order valence-corrected chi connectivity index (χ4v) is 2.97. The maximum atomic E-state index is 6.21. The van der Waals surface area contributed by atoms with Gasteiger partial charge in [-0.25, -0.2) is 9.67 Å². The number of nitrogens with zero attached hydrogens (tertiary/aromatic N) is 5. The topological polar surface area (TPSA) is 64.3 Å². The molecule has 0 aliphatic rings. The lowest BCUT2D eigenvalue weighted by Gasteiger charge is -2.12. The standard InChI is InChI=1S/C16H15ClN6/c1-10(11-6-4-3-5-7-11)23-16-13(8-18-23)19-15(20-16)14-12(17)9-22(2)21-14/h3-10H,1-2H3,(H,19,20). The van der Waals surface area contributed by atoms with Gasteiger partial charge < -0.3 is 4.98 Å². The van der Waals surface area contributed by atoms with Crippen LogP contribution in [-0.2, 0) is 7.05 Å². The minimum atomic E-state index is 0.0871. The molecule has 23 heavy (non-hydrogen) atoms. The fraction of sp³-hybridized carbons (Fsp3) is 0.188. The number of hydrogen-bond donors (Lipinski definition) is 1. The first kappa shape index (κ1) is 14.0. The van der Waals surface area contributed by atoms with E-state index in [1.165, 1.54) is 5.56 Å². The molecule has 3 heterocycles.